The summed E-state index contributed by atoms with van der Waals surface area (Å²) in [6.45, 7) is 3.76. The van der Waals surface area contributed by atoms with Crippen LogP contribution in [0.4, 0.5) is 0 Å². The number of carbonyl (C=O) groups excluding carboxylic acids is 1. The van der Waals surface area contributed by atoms with E-state index in [1.54, 1.807) is 4.90 Å². The molecule has 3 rings (SSSR count). The first-order chi connectivity index (χ1) is 13.0. The standard InChI is InChI=1S/C22H26N4O/c1-18-9-11-19(12-10-18)14-24(2)17-22(27)25(3)15-20-13-23-26(16-20)21-7-5-4-6-8-21/h4-13,16H,14-15,17H2,1-3H3. The highest BCUT2D eigenvalue weighted by Crippen LogP contribution is 2.10. The molecule has 2 aromatic carbocycles. The van der Waals surface area contributed by atoms with Crippen molar-refractivity contribution in [3.63, 3.8) is 0 Å². The number of aromatic nitrogens is 2. The van der Waals surface area contributed by atoms with E-state index in [2.05, 4.69) is 36.3 Å². The molecule has 0 radical (unpaired) electrons. The minimum absolute atomic E-state index is 0.0945. The highest BCUT2D eigenvalue weighted by atomic mass is 16.2. The smallest absolute Gasteiger partial charge is 0.236 e. The van der Waals surface area contributed by atoms with Gasteiger partial charge in [-0.3, -0.25) is 9.69 Å². The molecule has 0 aliphatic rings. The summed E-state index contributed by atoms with van der Waals surface area (Å²) in [5, 5.41) is 4.39. The van der Waals surface area contributed by atoms with Crippen molar-refractivity contribution in [2.75, 3.05) is 20.6 Å². The number of para-hydroxylation sites is 1. The molecule has 0 aliphatic carbocycles. The van der Waals surface area contributed by atoms with Gasteiger partial charge in [-0.15, -0.1) is 0 Å². The lowest BCUT2D eigenvalue weighted by Gasteiger charge is -2.21. The fraction of sp³-hybridized carbons (Fsp3) is 0.273. The lowest BCUT2D eigenvalue weighted by Crippen LogP contribution is -2.35. The van der Waals surface area contributed by atoms with E-state index in [4.69, 9.17) is 0 Å². The molecule has 0 bridgehead atoms. The van der Waals surface area contributed by atoms with E-state index in [-0.39, 0.29) is 5.91 Å². The fourth-order valence-electron chi connectivity index (χ4n) is 2.94. The summed E-state index contributed by atoms with van der Waals surface area (Å²) in [5.74, 6) is 0.0945. The molecule has 0 spiro atoms. The van der Waals surface area contributed by atoms with E-state index in [0.29, 0.717) is 13.1 Å². The van der Waals surface area contributed by atoms with E-state index < -0.39 is 0 Å². The lowest BCUT2D eigenvalue weighted by molar-refractivity contribution is -0.131. The van der Waals surface area contributed by atoms with Crippen LogP contribution in [0.2, 0.25) is 0 Å². The average Bonchev–Trinajstić information content (AvgIpc) is 3.12. The molecule has 3 aromatic rings. The van der Waals surface area contributed by atoms with Crippen LogP contribution in [0.25, 0.3) is 5.69 Å². The van der Waals surface area contributed by atoms with Crippen LogP contribution in [0, 0.1) is 6.92 Å². The molecular formula is C22H26N4O. The molecule has 0 aliphatic heterocycles. The number of likely N-dealkylation sites (N-methyl/N-ethyl adjacent to an activating group) is 2. The quantitative estimate of drug-likeness (QED) is 0.648. The van der Waals surface area contributed by atoms with Gasteiger partial charge in [-0.25, -0.2) is 4.68 Å². The Bertz CT molecular complexity index is 871. The molecule has 0 saturated heterocycles. The second-order valence-electron chi connectivity index (χ2n) is 7.04. The summed E-state index contributed by atoms with van der Waals surface area (Å²) in [5.41, 5.74) is 4.47. The lowest BCUT2D eigenvalue weighted by atomic mass is 10.1. The molecule has 5 heteroatoms. The van der Waals surface area contributed by atoms with Crippen LogP contribution in [0.5, 0.6) is 0 Å². The third-order valence-electron chi connectivity index (χ3n) is 4.48. The minimum atomic E-state index is 0.0945. The van der Waals surface area contributed by atoms with Crippen molar-refractivity contribution in [2.45, 2.75) is 20.0 Å². The van der Waals surface area contributed by atoms with E-state index in [0.717, 1.165) is 17.8 Å². The van der Waals surface area contributed by atoms with Crippen molar-refractivity contribution in [1.29, 1.82) is 0 Å². The van der Waals surface area contributed by atoms with Crippen molar-refractivity contribution in [3.8, 4) is 5.69 Å². The van der Waals surface area contributed by atoms with Crippen molar-refractivity contribution in [2.24, 2.45) is 0 Å². The van der Waals surface area contributed by atoms with E-state index in [1.165, 1.54) is 11.1 Å². The molecule has 0 N–H and O–H groups in total. The third-order valence-corrected chi connectivity index (χ3v) is 4.48. The maximum atomic E-state index is 12.5. The minimum Gasteiger partial charge on any atom is -0.340 e. The zero-order valence-corrected chi connectivity index (χ0v) is 16.2. The number of nitrogens with zero attached hydrogens (tertiary/aromatic N) is 4. The van der Waals surface area contributed by atoms with Gasteiger partial charge in [-0.1, -0.05) is 48.0 Å². The van der Waals surface area contributed by atoms with Gasteiger partial charge < -0.3 is 4.90 Å². The molecule has 140 valence electrons. The van der Waals surface area contributed by atoms with E-state index in [1.807, 2.05) is 66.4 Å². The van der Waals surface area contributed by atoms with Crippen molar-refractivity contribution in [3.05, 3.63) is 83.7 Å². The Hall–Kier alpha value is -2.92. The number of aryl methyl sites for hydroxylation is 1. The van der Waals surface area contributed by atoms with Crippen molar-refractivity contribution < 1.29 is 4.79 Å². The molecule has 0 saturated carbocycles. The first-order valence-electron chi connectivity index (χ1n) is 9.08. The number of rotatable bonds is 7. The highest BCUT2D eigenvalue weighted by molar-refractivity contribution is 5.77. The summed E-state index contributed by atoms with van der Waals surface area (Å²) in [6.07, 6.45) is 3.78. The fourth-order valence-corrected chi connectivity index (χ4v) is 2.94. The summed E-state index contributed by atoms with van der Waals surface area (Å²) in [7, 11) is 3.81. The Kier molecular flexibility index (Phi) is 6.04. The summed E-state index contributed by atoms with van der Waals surface area (Å²) in [6, 6.07) is 18.4. The molecule has 1 amide bonds. The van der Waals surface area contributed by atoms with Crippen LogP contribution in [-0.4, -0.2) is 46.1 Å². The van der Waals surface area contributed by atoms with E-state index in [9.17, 15) is 4.79 Å². The van der Waals surface area contributed by atoms with E-state index >= 15 is 0 Å². The molecule has 0 fully saturated rings. The van der Waals surface area contributed by atoms with Gasteiger partial charge in [0.25, 0.3) is 0 Å². The summed E-state index contributed by atoms with van der Waals surface area (Å²) in [4.78, 5) is 16.3. The maximum absolute atomic E-state index is 12.5. The number of hydrogen-bond donors (Lipinski definition) is 0. The molecule has 0 atom stereocenters. The number of carbonyl (C=O) groups is 1. The number of benzene rings is 2. The monoisotopic (exact) mass is 362 g/mol. The molecule has 1 aromatic heterocycles. The van der Waals surface area contributed by atoms with Crippen LogP contribution in [0.15, 0.2) is 67.0 Å². The first kappa shape index (κ1) is 18.9. The SMILES string of the molecule is Cc1ccc(CN(C)CC(=O)N(C)Cc2cnn(-c3ccccc3)c2)cc1. The second-order valence-corrected chi connectivity index (χ2v) is 7.04. The summed E-state index contributed by atoms with van der Waals surface area (Å²) >= 11 is 0. The second kappa shape index (κ2) is 8.64. The van der Waals surface area contributed by atoms with Gasteiger partial charge >= 0.3 is 0 Å². The van der Waals surface area contributed by atoms with Crippen molar-refractivity contribution >= 4 is 5.91 Å². The van der Waals surface area contributed by atoms with Gasteiger partial charge in [-0.2, -0.15) is 5.10 Å². The van der Waals surface area contributed by atoms with Crippen molar-refractivity contribution in [1.82, 2.24) is 19.6 Å². The van der Waals surface area contributed by atoms with Crippen LogP contribution in [-0.2, 0) is 17.9 Å². The predicted octanol–water partition coefficient (Wildman–Crippen LogP) is 3.27. The first-order valence-corrected chi connectivity index (χ1v) is 9.08. The third kappa shape index (κ3) is 5.28. The predicted molar refractivity (Wildman–Crippen MR) is 108 cm³/mol. The Balaban J connectivity index is 1.53. The zero-order chi connectivity index (χ0) is 19.2. The summed E-state index contributed by atoms with van der Waals surface area (Å²) < 4.78 is 1.83. The van der Waals surface area contributed by atoms with Crippen LogP contribution in [0.1, 0.15) is 16.7 Å². The van der Waals surface area contributed by atoms with Gasteiger partial charge in [0, 0.05) is 31.9 Å². The highest BCUT2D eigenvalue weighted by Gasteiger charge is 2.13. The van der Waals surface area contributed by atoms with Crippen LogP contribution < -0.4 is 0 Å². The zero-order valence-electron chi connectivity index (χ0n) is 16.2. The normalized spacial score (nSPS) is 11.0. The van der Waals surface area contributed by atoms with Crippen LogP contribution >= 0.6 is 0 Å². The average molecular weight is 362 g/mol. The Labute approximate surface area is 160 Å². The number of amides is 1. The largest absolute Gasteiger partial charge is 0.340 e. The van der Waals surface area contributed by atoms with Gasteiger partial charge in [0.05, 0.1) is 18.4 Å². The van der Waals surface area contributed by atoms with Gasteiger partial charge in [0.1, 0.15) is 0 Å². The van der Waals surface area contributed by atoms with Gasteiger partial charge in [0.2, 0.25) is 5.91 Å². The maximum Gasteiger partial charge on any atom is 0.236 e. The molecular weight excluding hydrogens is 336 g/mol. The Morgan fingerprint density at radius 3 is 2.37 bits per heavy atom. The topological polar surface area (TPSA) is 41.4 Å². The van der Waals surface area contributed by atoms with Crippen LogP contribution in [0.3, 0.4) is 0 Å². The van der Waals surface area contributed by atoms with Gasteiger partial charge in [-0.05, 0) is 31.7 Å². The Morgan fingerprint density at radius 2 is 1.67 bits per heavy atom. The molecule has 1 heterocycles. The molecule has 0 unspecified atom stereocenters. The molecule has 27 heavy (non-hydrogen) atoms. The van der Waals surface area contributed by atoms with Gasteiger partial charge in [0.15, 0.2) is 0 Å². The Morgan fingerprint density at radius 1 is 0.963 bits per heavy atom. The molecule has 5 nitrogen and oxygen atoms in total. The number of hydrogen-bond acceptors (Lipinski definition) is 3.